The summed E-state index contributed by atoms with van der Waals surface area (Å²) in [6.07, 6.45) is -3.34. The summed E-state index contributed by atoms with van der Waals surface area (Å²) in [5.41, 5.74) is 0.0718. The lowest BCUT2D eigenvalue weighted by Gasteiger charge is -2.10. The molecule has 0 aliphatic carbocycles. The molecule has 68 valence electrons. The molecule has 0 N–H and O–H groups in total. The van der Waals surface area contributed by atoms with E-state index in [9.17, 15) is 13.2 Å². The van der Waals surface area contributed by atoms with E-state index in [2.05, 4.69) is 10.3 Å². The van der Waals surface area contributed by atoms with Crippen molar-refractivity contribution < 1.29 is 13.2 Å². The third-order valence-electron chi connectivity index (χ3n) is 1.41. The molecule has 0 unspecified atom stereocenters. The summed E-state index contributed by atoms with van der Waals surface area (Å²) >= 11 is 0. The Morgan fingerprint density at radius 1 is 1.42 bits per heavy atom. The first-order chi connectivity index (χ1) is 5.43. The van der Waals surface area contributed by atoms with Gasteiger partial charge < -0.3 is 0 Å². The summed E-state index contributed by atoms with van der Waals surface area (Å²) in [7, 11) is 0. The Balaban J connectivity index is 3.08. The fourth-order valence-electron chi connectivity index (χ4n) is 0.834. The van der Waals surface area contributed by atoms with Gasteiger partial charge in [0.05, 0.1) is 11.9 Å². The van der Waals surface area contributed by atoms with Gasteiger partial charge >= 0.3 is 6.30 Å². The first-order valence-corrected chi connectivity index (χ1v) is 3.40. The number of aromatic nitrogens is 3. The van der Waals surface area contributed by atoms with Crippen LogP contribution in [0.15, 0.2) is 6.20 Å². The standard InChI is InChI=1S/C6H8F3N3/c1-4(2)5-3-10-11-12(5)6(7,8)9/h3-4H,1-2H3. The molecule has 1 aromatic rings. The molecule has 0 aromatic carbocycles. The van der Waals surface area contributed by atoms with Crippen LogP contribution in [0.2, 0.25) is 0 Å². The van der Waals surface area contributed by atoms with Gasteiger partial charge in [-0.05, 0) is 5.92 Å². The van der Waals surface area contributed by atoms with Crippen molar-refractivity contribution in [2.45, 2.75) is 26.1 Å². The number of alkyl halides is 3. The summed E-state index contributed by atoms with van der Waals surface area (Å²) in [5, 5.41) is 6.15. The molecule has 6 heteroatoms. The Morgan fingerprint density at radius 3 is 2.33 bits per heavy atom. The maximum atomic E-state index is 12.1. The SMILES string of the molecule is CC(C)c1cnnn1C(F)(F)F. The van der Waals surface area contributed by atoms with Gasteiger partial charge in [0.2, 0.25) is 0 Å². The van der Waals surface area contributed by atoms with Gasteiger partial charge in [0, 0.05) is 0 Å². The minimum absolute atomic E-state index is 0.0162. The Bertz CT molecular complexity index is 263. The number of rotatable bonds is 1. The lowest BCUT2D eigenvalue weighted by Crippen LogP contribution is -2.21. The van der Waals surface area contributed by atoms with E-state index in [1.807, 2.05) is 0 Å². The van der Waals surface area contributed by atoms with Crippen LogP contribution in [0, 0.1) is 0 Å². The fraction of sp³-hybridized carbons (Fsp3) is 0.667. The van der Waals surface area contributed by atoms with Crippen molar-refractivity contribution >= 4 is 0 Å². The van der Waals surface area contributed by atoms with Crippen molar-refractivity contribution in [2.75, 3.05) is 0 Å². The van der Waals surface area contributed by atoms with E-state index in [0.717, 1.165) is 6.20 Å². The van der Waals surface area contributed by atoms with Crippen LogP contribution in [0.1, 0.15) is 25.5 Å². The zero-order valence-corrected chi connectivity index (χ0v) is 6.63. The van der Waals surface area contributed by atoms with Crippen LogP contribution in [0.4, 0.5) is 13.2 Å². The van der Waals surface area contributed by atoms with E-state index in [0.29, 0.717) is 0 Å². The molecule has 0 saturated carbocycles. The van der Waals surface area contributed by atoms with Crippen molar-refractivity contribution in [3.8, 4) is 0 Å². The molecule has 0 spiro atoms. The van der Waals surface area contributed by atoms with Crippen LogP contribution in [0.25, 0.3) is 0 Å². The van der Waals surface area contributed by atoms with Crippen molar-refractivity contribution in [3.63, 3.8) is 0 Å². The van der Waals surface area contributed by atoms with E-state index in [-0.39, 0.29) is 16.3 Å². The summed E-state index contributed by atoms with van der Waals surface area (Å²) in [5.74, 6) is -0.235. The van der Waals surface area contributed by atoms with Gasteiger partial charge in [-0.2, -0.15) is 4.68 Å². The highest BCUT2D eigenvalue weighted by Crippen LogP contribution is 2.25. The predicted molar refractivity (Wildman–Crippen MR) is 35.4 cm³/mol. The Kier molecular flexibility index (Phi) is 2.08. The smallest absolute Gasteiger partial charge is 0.155 e. The Labute approximate surface area is 67.2 Å². The van der Waals surface area contributed by atoms with Gasteiger partial charge in [-0.25, -0.2) is 0 Å². The first-order valence-electron chi connectivity index (χ1n) is 3.40. The number of nitrogens with zero attached hydrogens (tertiary/aromatic N) is 3. The summed E-state index contributed by atoms with van der Waals surface area (Å²) in [4.78, 5) is 0. The number of hydrogen-bond acceptors (Lipinski definition) is 2. The van der Waals surface area contributed by atoms with E-state index >= 15 is 0 Å². The Morgan fingerprint density at radius 2 is 2.00 bits per heavy atom. The minimum Gasteiger partial charge on any atom is -0.155 e. The van der Waals surface area contributed by atoms with Crippen LogP contribution in [-0.2, 0) is 6.30 Å². The highest BCUT2D eigenvalue weighted by molar-refractivity contribution is 5.00. The van der Waals surface area contributed by atoms with Crippen molar-refractivity contribution in [3.05, 3.63) is 11.9 Å². The van der Waals surface area contributed by atoms with Gasteiger partial charge in [0.1, 0.15) is 0 Å². The molecule has 0 saturated heterocycles. The molecule has 0 amide bonds. The quantitative estimate of drug-likeness (QED) is 0.658. The predicted octanol–water partition coefficient (Wildman–Crippen LogP) is 1.88. The van der Waals surface area contributed by atoms with Crippen LogP contribution in [0.5, 0.6) is 0 Å². The average molecular weight is 179 g/mol. The number of hydrogen-bond donors (Lipinski definition) is 0. The van der Waals surface area contributed by atoms with Crippen molar-refractivity contribution in [1.29, 1.82) is 0 Å². The second kappa shape index (κ2) is 2.76. The normalized spacial score (nSPS) is 12.5. The lowest BCUT2D eigenvalue weighted by molar-refractivity contribution is -0.215. The van der Waals surface area contributed by atoms with Crippen LogP contribution < -0.4 is 0 Å². The van der Waals surface area contributed by atoms with Crippen LogP contribution in [0.3, 0.4) is 0 Å². The third-order valence-corrected chi connectivity index (χ3v) is 1.41. The Hall–Kier alpha value is -1.07. The molecule has 1 rings (SSSR count). The molecule has 0 aliphatic heterocycles. The second-order valence-corrected chi connectivity index (χ2v) is 2.69. The molecular formula is C6H8F3N3. The summed E-state index contributed by atoms with van der Waals surface area (Å²) in [6.45, 7) is 3.31. The molecule has 1 aromatic heterocycles. The van der Waals surface area contributed by atoms with E-state index < -0.39 is 6.30 Å². The zero-order chi connectivity index (χ0) is 9.35. The number of halogens is 3. The van der Waals surface area contributed by atoms with Gasteiger partial charge in [-0.3, -0.25) is 0 Å². The minimum atomic E-state index is -4.46. The summed E-state index contributed by atoms with van der Waals surface area (Å²) in [6, 6.07) is 0. The average Bonchev–Trinajstić information content (AvgIpc) is 2.30. The largest absolute Gasteiger partial charge is 0.506 e. The van der Waals surface area contributed by atoms with E-state index in [1.54, 1.807) is 13.8 Å². The van der Waals surface area contributed by atoms with Crippen molar-refractivity contribution in [1.82, 2.24) is 15.0 Å². The van der Waals surface area contributed by atoms with Crippen LogP contribution >= 0.6 is 0 Å². The maximum Gasteiger partial charge on any atom is 0.506 e. The summed E-state index contributed by atoms with van der Waals surface area (Å²) < 4.78 is 36.3. The molecule has 0 fully saturated rings. The van der Waals surface area contributed by atoms with Crippen LogP contribution in [-0.4, -0.2) is 15.0 Å². The molecule has 0 aliphatic rings. The topological polar surface area (TPSA) is 30.7 Å². The maximum absolute atomic E-state index is 12.1. The van der Waals surface area contributed by atoms with Crippen molar-refractivity contribution in [2.24, 2.45) is 0 Å². The van der Waals surface area contributed by atoms with Gasteiger partial charge in [0.15, 0.2) is 0 Å². The third kappa shape index (κ3) is 1.57. The highest BCUT2D eigenvalue weighted by Gasteiger charge is 2.34. The molecule has 0 atom stereocenters. The van der Waals surface area contributed by atoms with Gasteiger partial charge in [-0.15, -0.1) is 18.3 Å². The molecule has 0 bridgehead atoms. The molecule has 1 heterocycles. The molecule has 3 nitrogen and oxygen atoms in total. The van der Waals surface area contributed by atoms with Gasteiger partial charge in [0.25, 0.3) is 0 Å². The molecular weight excluding hydrogens is 171 g/mol. The first kappa shape index (κ1) is 9.02. The molecule has 12 heavy (non-hydrogen) atoms. The highest BCUT2D eigenvalue weighted by atomic mass is 19.4. The van der Waals surface area contributed by atoms with Gasteiger partial charge in [-0.1, -0.05) is 19.1 Å². The van der Waals surface area contributed by atoms with E-state index in [4.69, 9.17) is 0 Å². The second-order valence-electron chi connectivity index (χ2n) is 2.69. The monoisotopic (exact) mass is 179 g/mol. The zero-order valence-electron chi connectivity index (χ0n) is 6.63. The molecule has 0 radical (unpaired) electrons. The lowest BCUT2D eigenvalue weighted by atomic mass is 10.1. The van der Waals surface area contributed by atoms with E-state index in [1.165, 1.54) is 0 Å². The fourth-order valence-corrected chi connectivity index (χ4v) is 0.834.